The van der Waals surface area contributed by atoms with Crippen LogP contribution < -0.4 is 10.5 Å². The maximum Gasteiger partial charge on any atom is 0.212 e. The van der Waals surface area contributed by atoms with Crippen molar-refractivity contribution >= 4 is 15.9 Å². The summed E-state index contributed by atoms with van der Waals surface area (Å²) in [5.74, 6) is 0.550. The van der Waals surface area contributed by atoms with Crippen LogP contribution in [-0.2, 0) is 16.6 Å². The minimum Gasteiger partial charge on any atom is -0.384 e. The molecule has 21 heavy (non-hydrogen) atoms. The van der Waals surface area contributed by atoms with Crippen LogP contribution in [0.3, 0.4) is 0 Å². The number of sulfonamides is 1. The molecule has 116 valence electrons. The third-order valence-corrected chi connectivity index (χ3v) is 5.44. The molecule has 1 aliphatic rings. The molecular weight excluding hydrogens is 286 g/mol. The summed E-state index contributed by atoms with van der Waals surface area (Å²) in [4.78, 5) is 0. The van der Waals surface area contributed by atoms with Crippen LogP contribution in [0, 0.1) is 11.3 Å². The van der Waals surface area contributed by atoms with Gasteiger partial charge in [-0.1, -0.05) is 43.5 Å². The summed E-state index contributed by atoms with van der Waals surface area (Å²) in [5, 5.41) is 7.32. The van der Waals surface area contributed by atoms with Gasteiger partial charge in [0.25, 0.3) is 0 Å². The van der Waals surface area contributed by atoms with Crippen molar-refractivity contribution in [2.24, 2.45) is 11.7 Å². The zero-order valence-corrected chi connectivity index (χ0v) is 13.0. The number of nitrogen functional groups attached to an aromatic ring is 1. The third-order valence-electron chi connectivity index (χ3n) is 3.94. The van der Waals surface area contributed by atoms with Gasteiger partial charge in [0.05, 0.1) is 5.75 Å². The Morgan fingerprint density at radius 3 is 2.38 bits per heavy atom. The van der Waals surface area contributed by atoms with Crippen LogP contribution in [0.25, 0.3) is 0 Å². The molecule has 0 aromatic heterocycles. The predicted molar refractivity (Wildman–Crippen MR) is 84.7 cm³/mol. The topological polar surface area (TPSA) is 96.0 Å². The molecule has 0 aliphatic heterocycles. The van der Waals surface area contributed by atoms with E-state index in [-0.39, 0.29) is 18.1 Å². The van der Waals surface area contributed by atoms with Gasteiger partial charge < -0.3 is 5.73 Å². The molecule has 4 N–H and O–H groups in total. The lowest BCUT2D eigenvalue weighted by Gasteiger charge is -2.21. The fraction of sp³-hybridized carbons (Fsp3) is 0.533. The van der Waals surface area contributed by atoms with Crippen molar-refractivity contribution in [1.29, 1.82) is 5.41 Å². The zero-order chi connectivity index (χ0) is 15.3. The van der Waals surface area contributed by atoms with E-state index in [0.29, 0.717) is 11.5 Å². The van der Waals surface area contributed by atoms with E-state index in [1.807, 2.05) is 0 Å². The second-order valence-corrected chi connectivity index (χ2v) is 7.57. The van der Waals surface area contributed by atoms with Crippen LogP contribution in [0.4, 0.5) is 0 Å². The Labute approximate surface area is 126 Å². The number of nitrogens with one attached hydrogen (secondary N) is 2. The first-order valence-electron chi connectivity index (χ1n) is 7.37. The van der Waals surface area contributed by atoms with E-state index in [0.717, 1.165) is 31.2 Å². The smallest absolute Gasteiger partial charge is 0.212 e. The van der Waals surface area contributed by atoms with Crippen molar-refractivity contribution in [2.45, 2.75) is 38.6 Å². The summed E-state index contributed by atoms with van der Waals surface area (Å²) in [7, 11) is -3.22. The molecule has 0 radical (unpaired) electrons. The van der Waals surface area contributed by atoms with Gasteiger partial charge in [-0.3, -0.25) is 5.41 Å². The van der Waals surface area contributed by atoms with Crippen LogP contribution >= 0.6 is 0 Å². The van der Waals surface area contributed by atoms with Gasteiger partial charge in [-0.05, 0) is 24.3 Å². The molecule has 6 heteroatoms. The molecule has 0 atom stereocenters. The van der Waals surface area contributed by atoms with Gasteiger partial charge in [0.15, 0.2) is 0 Å². The lowest BCUT2D eigenvalue weighted by Crippen LogP contribution is -2.30. The summed E-state index contributed by atoms with van der Waals surface area (Å²) in [6.07, 6.45) is 5.56. The molecule has 1 saturated carbocycles. The number of hydrogen-bond donors (Lipinski definition) is 3. The van der Waals surface area contributed by atoms with E-state index in [1.54, 1.807) is 24.3 Å². The summed E-state index contributed by atoms with van der Waals surface area (Å²) < 4.78 is 26.8. The molecule has 2 rings (SSSR count). The summed E-state index contributed by atoms with van der Waals surface area (Å²) >= 11 is 0. The van der Waals surface area contributed by atoms with E-state index in [4.69, 9.17) is 11.1 Å². The number of amidine groups is 1. The standard InChI is InChI=1S/C15H23N3O2S/c16-15(17)14-8-6-12(7-9-14)10-18-21(19,20)11-13-4-2-1-3-5-13/h6-9,13,18H,1-5,10-11H2,(H3,16,17). The Hall–Kier alpha value is -1.40. The van der Waals surface area contributed by atoms with E-state index in [9.17, 15) is 8.42 Å². The van der Waals surface area contributed by atoms with E-state index >= 15 is 0 Å². The van der Waals surface area contributed by atoms with Crippen molar-refractivity contribution in [1.82, 2.24) is 4.72 Å². The molecule has 1 aromatic carbocycles. The van der Waals surface area contributed by atoms with E-state index in [2.05, 4.69) is 4.72 Å². The van der Waals surface area contributed by atoms with Crippen molar-refractivity contribution in [3.05, 3.63) is 35.4 Å². The van der Waals surface area contributed by atoms with Crippen molar-refractivity contribution in [3.63, 3.8) is 0 Å². The Morgan fingerprint density at radius 2 is 1.81 bits per heavy atom. The first-order valence-corrected chi connectivity index (χ1v) is 9.02. The molecule has 0 saturated heterocycles. The highest BCUT2D eigenvalue weighted by atomic mass is 32.2. The lowest BCUT2D eigenvalue weighted by molar-refractivity contribution is 0.384. The molecule has 1 aliphatic carbocycles. The first kappa shape index (κ1) is 16.0. The monoisotopic (exact) mass is 309 g/mol. The molecule has 0 spiro atoms. The van der Waals surface area contributed by atoms with Crippen LogP contribution in [0.15, 0.2) is 24.3 Å². The minimum absolute atomic E-state index is 0.0134. The van der Waals surface area contributed by atoms with Crippen LogP contribution in [0.2, 0.25) is 0 Å². The summed E-state index contributed by atoms with van der Waals surface area (Å²) in [5.41, 5.74) is 6.89. The van der Waals surface area contributed by atoms with Crippen LogP contribution in [0.1, 0.15) is 43.2 Å². The van der Waals surface area contributed by atoms with Gasteiger partial charge >= 0.3 is 0 Å². The van der Waals surface area contributed by atoms with Crippen molar-refractivity contribution in [3.8, 4) is 0 Å². The zero-order valence-electron chi connectivity index (χ0n) is 12.1. The Kier molecular flexibility index (Phi) is 5.36. The lowest BCUT2D eigenvalue weighted by atomic mass is 9.91. The molecule has 0 unspecified atom stereocenters. The highest BCUT2D eigenvalue weighted by molar-refractivity contribution is 7.89. The number of hydrogen-bond acceptors (Lipinski definition) is 3. The average molecular weight is 309 g/mol. The second-order valence-electron chi connectivity index (χ2n) is 5.72. The van der Waals surface area contributed by atoms with Crippen molar-refractivity contribution in [2.75, 3.05) is 5.75 Å². The van der Waals surface area contributed by atoms with Gasteiger partial charge in [-0.2, -0.15) is 0 Å². The average Bonchev–Trinajstić information content (AvgIpc) is 2.46. The molecule has 5 nitrogen and oxygen atoms in total. The highest BCUT2D eigenvalue weighted by Crippen LogP contribution is 2.24. The molecule has 0 heterocycles. The fourth-order valence-electron chi connectivity index (χ4n) is 2.72. The van der Waals surface area contributed by atoms with Gasteiger partial charge in [0.2, 0.25) is 10.0 Å². The third kappa shape index (κ3) is 5.13. The second kappa shape index (κ2) is 7.04. The van der Waals surface area contributed by atoms with Gasteiger partial charge in [0, 0.05) is 12.1 Å². The maximum absolute atomic E-state index is 12.1. The molecule has 1 fully saturated rings. The summed E-state index contributed by atoms with van der Waals surface area (Å²) in [6.45, 7) is 0.285. The van der Waals surface area contributed by atoms with Crippen LogP contribution in [-0.4, -0.2) is 20.0 Å². The largest absolute Gasteiger partial charge is 0.384 e. The number of benzene rings is 1. The molecule has 0 bridgehead atoms. The van der Waals surface area contributed by atoms with E-state index in [1.165, 1.54) is 6.42 Å². The maximum atomic E-state index is 12.1. The Morgan fingerprint density at radius 1 is 1.19 bits per heavy atom. The normalized spacial score (nSPS) is 16.8. The van der Waals surface area contributed by atoms with Gasteiger partial charge in [0.1, 0.15) is 5.84 Å². The molecular formula is C15H23N3O2S. The Bertz CT molecular complexity index is 575. The minimum atomic E-state index is -3.22. The SMILES string of the molecule is N=C(N)c1ccc(CNS(=O)(=O)CC2CCCCC2)cc1. The van der Waals surface area contributed by atoms with Crippen LogP contribution in [0.5, 0.6) is 0 Å². The fourth-order valence-corrected chi connectivity index (χ4v) is 4.18. The molecule has 1 aromatic rings. The summed E-state index contributed by atoms with van der Waals surface area (Å²) in [6, 6.07) is 7.04. The quantitative estimate of drug-likeness (QED) is 0.553. The van der Waals surface area contributed by atoms with Gasteiger partial charge in [-0.25, -0.2) is 13.1 Å². The highest BCUT2D eigenvalue weighted by Gasteiger charge is 2.20. The van der Waals surface area contributed by atoms with Crippen molar-refractivity contribution < 1.29 is 8.42 Å². The number of nitrogens with two attached hydrogens (primary N) is 1. The Balaban J connectivity index is 1.87. The number of rotatable bonds is 6. The van der Waals surface area contributed by atoms with Gasteiger partial charge in [-0.15, -0.1) is 0 Å². The predicted octanol–water partition coefficient (Wildman–Crippen LogP) is 1.97. The first-order chi connectivity index (χ1) is 9.96. The molecule has 0 amide bonds. The van der Waals surface area contributed by atoms with E-state index < -0.39 is 10.0 Å².